The van der Waals surface area contributed by atoms with Gasteiger partial charge in [-0.2, -0.15) is 4.89 Å². The number of hydrogen-bond donors (Lipinski definition) is 0. The van der Waals surface area contributed by atoms with Gasteiger partial charge in [0.1, 0.15) is 0 Å². The molecule has 0 radical (unpaired) electrons. The van der Waals surface area contributed by atoms with Crippen molar-refractivity contribution in [3.63, 3.8) is 0 Å². The van der Waals surface area contributed by atoms with Crippen molar-refractivity contribution in [3.8, 4) is 5.75 Å². The summed E-state index contributed by atoms with van der Waals surface area (Å²) in [6, 6.07) is 25.5. The lowest BCUT2D eigenvalue weighted by Gasteiger charge is -2.06. The van der Waals surface area contributed by atoms with E-state index in [9.17, 15) is 4.79 Å². The number of carbonyl (C=O) groups is 1. The molecule has 0 aromatic heterocycles. The molecule has 0 bridgehead atoms. The van der Waals surface area contributed by atoms with E-state index in [0.29, 0.717) is 17.9 Å². The van der Waals surface area contributed by atoms with Crippen molar-refractivity contribution in [3.05, 3.63) is 114 Å². The number of rotatable bonds is 15. The molecular weight excluding hydrogens is 432 g/mol. The second-order valence-corrected chi connectivity index (χ2v) is 8.89. The Morgan fingerprint density at radius 3 is 2.11 bits per heavy atom. The molecule has 182 valence electrons. The summed E-state index contributed by atoms with van der Waals surface area (Å²) in [5, 5.41) is 0. The van der Waals surface area contributed by atoms with Crippen LogP contribution >= 0.6 is 0 Å². The summed E-state index contributed by atoms with van der Waals surface area (Å²) in [4.78, 5) is 22.9. The molecular formula is C32H36O3. The van der Waals surface area contributed by atoms with Crippen LogP contribution in [0, 0.1) is 0 Å². The summed E-state index contributed by atoms with van der Waals surface area (Å²) in [5.41, 5.74) is 5.36. The first-order chi connectivity index (χ1) is 17.1. The van der Waals surface area contributed by atoms with E-state index < -0.39 is 0 Å². The van der Waals surface area contributed by atoms with E-state index in [2.05, 4.69) is 30.8 Å². The predicted octanol–water partition coefficient (Wildman–Crippen LogP) is 8.51. The Labute approximate surface area is 210 Å². The molecule has 0 fully saturated rings. The minimum atomic E-state index is -0.0112. The van der Waals surface area contributed by atoms with Crippen LogP contribution in [0.3, 0.4) is 0 Å². The first kappa shape index (κ1) is 26.2. The Bertz CT molecular complexity index is 1060. The van der Waals surface area contributed by atoms with E-state index in [4.69, 9.17) is 9.78 Å². The van der Waals surface area contributed by atoms with Crippen LogP contribution in [0.5, 0.6) is 5.75 Å². The third-order valence-corrected chi connectivity index (χ3v) is 5.91. The minimum Gasteiger partial charge on any atom is -0.338 e. The Balaban J connectivity index is 1.21. The molecule has 0 saturated carbocycles. The monoisotopic (exact) mass is 468 g/mol. The van der Waals surface area contributed by atoms with Crippen molar-refractivity contribution in [1.82, 2.24) is 0 Å². The largest absolute Gasteiger partial charge is 0.338 e. The average Bonchev–Trinajstić information content (AvgIpc) is 2.89. The molecule has 3 aromatic carbocycles. The van der Waals surface area contributed by atoms with Crippen LogP contribution in [0.2, 0.25) is 0 Å². The van der Waals surface area contributed by atoms with Gasteiger partial charge in [-0.25, -0.2) is 0 Å². The number of hydrogen-bond acceptors (Lipinski definition) is 3. The van der Waals surface area contributed by atoms with Gasteiger partial charge in [0.25, 0.3) is 0 Å². The molecule has 0 aliphatic rings. The van der Waals surface area contributed by atoms with Crippen LogP contribution in [0.15, 0.2) is 91.5 Å². The number of benzene rings is 3. The zero-order valence-electron chi connectivity index (χ0n) is 20.7. The SMILES string of the molecule is C=C(C)c1ccc(CCCCCCCCOOc2ccc(/C=C/C(=O)c3ccccc3)cc2)cc1. The van der Waals surface area contributed by atoms with E-state index in [1.165, 1.54) is 36.8 Å². The van der Waals surface area contributed by atoms with E-state index in [1.54, 1.807) is 12.2 Å². The normalized spacial score (nSPS) is 11.0. The fourth-order valence-electron chi connectivity index (χ4n) is 3.77. The summed E-state index contributed by atoms with van der Waals surface area (Å²) in [5.74, 6) is 0.649. The van der Waals surface area contributed by atoms with Crippen LogP contribution in [0.25, 0.3) is 11.6 Å². The van der Waals surface area contributed by atoms with Gasteiger partial charge in [0.15, 0.2) is 11.5 Å². The molecule has 0 aliphatic heterocycles. The maximum absolute atomic E-state index is 12.1. The number of carbonyl (C=O) groups excluding carboxylic acids is 1. The van der Waals surface area contributed by atoms with Gasteiger partial charge >= 0.3 is 0 Å². The highest BCUT2D eigenvalue weighted by Crippen LogP contribution is 2.16. The number of unbranched alkanes of at least 4 members (excludes halogenated alkanes) is 5. The molecule has 35 heavy (non-hydrogen) atoms. The molecule has 0 heterocycles. The van der Waals surface area contributed by atoms with E-state index >= 15 is 0 Å². The highest BCUT2D eigenvalue weighted by Gasteiger charge is 2.01. The van der Waals surface area contributed by atoms with Gasteiger partial charge in [-0.3, -0.25) is 4.79 Å². The molecule has 3 rings (SSSR count). The van der Waals surface area contributed by atoms with Gasteiger partial charge in [0.2, 0.25) is 0 Å². The molecule has 3 aromatic rings. The van der Waals surface area contributed by atoms with Gasteiger partial charge < -0.3 is 4.89 Å². The zero-order valence-corrected chi connectivity index (χ0v) is 20.7. The molecule has 0 amide bonds. The van der Waals surface area contributed by atoms with Crippen LogP contribution in [0.1, 0.15) is 72.5 Å². The second-order valence-electron chi connectivity index (χ2n) is 8.89. The fraction of sp³-hybridized carbons (Fsp3) is 0.281. The van der Waals surface area contributed by atoms with Gasteiger partial charge in [-0.1, -0.05) is 111 Å². The van der Waals surface area contributed by atoms with E-state index in [1.807, 2.05) is 61.5 Å². The second kappa shape index (κ2) is 14.7. The zero-order chi connectivity index (χ0) is 24.7. The van der Waals surface area contributed by atoms with Gasteiger partial charge in [-0.05, 0) is 61.1 Å². The molecule has 0 N–H and O–H groups in total. The van der Waals surface area contributed by atoms with Crippen molar-refractivity contribution < 1.29 is 14.6 Å². The molecule has 0 unspecified atom stereocenters. The smallest absolute Gasteiger partial charge is 0.185 e. The quantitative estimate of drug-likeness (QED) is 0.0737. The lowest BCUT2D eigenvalue weighted by atomic mass is 10.0. The standard InChI is InChI=1S/C32H36O3/c1-26(2)29-20-15-27(16-21-29)12-8-5-3-4-6-11-25-34-35-31-22-17-28(18-23-31)19-24-32(33)30-13-9-7-10-14-30/h7,9-10,13-24H,1,3-6,8,11-12,25H2,2H3/b24-19+. The van der Waals surface area contributed by atoms with Crippen LogP contribution in [-0.4, -0.2) is 12.4 Å². The van der Waals surface area contributed by atoms with Crippen molar-refractivity contribution in [2.75, 3.05) is 6.61 Å². The van der Waals surface area contributed by atoms with E-state index in [-0.39, 0.29) is 5.78 Å². The maximum atomic E-state index is 12.1. The first-order valence-electron chi connectivity index (χ1n) is 12.5. The van der Waals surface area contributed by atoms with Crippen LogP contribution in [0.4, 0.5) is 0 Å². The third-order valence-electron chi connectivity index (χ3n) is 5.91. The molecule has 0 spiro atoms. The summed E-state index contributed by atoms with van der Waals surface area (Å²) in [7, 11) is 0. The topological polar surface area (TPSA) is 35.5 Å². The average molecular weight is 469 g/mol. The van der Waals surface area contributed by atoms with Crippen molar-refractivity contribution in [1.29, 1.82) is 0 Å². The first-order valence-corrected chi connectivity index (χ1v) is 12.5. The Morgan fingerprint density at radius 2 is 1.43 bits per heavy atom. The molecule has 3 nitrogen and oxygen atoms in total. The van der Waals surface area contributed by atoms with Crippen LogP contribution in [-0.2, 0) is 11.3 Å². The maximum Gasteiger partial charge on any atom is 0.185 e. The number of ketones is 1. The molecule has 0 atom stereocenters. The Kier molecular flexibility index (Phi) is 11.0. The predicted molar refractivity (Wildman–Crippen MR) is 145 cm³/mol. The molecule has 3 heteroatoms. The molecule has 0 saturated heterocycles. The van der Waals surface area contributed by atoms with Crippen molar-refractivity contribution in [2.45, 2.75) is 51.9 Å². The minimum absolute atomic E-state index is 0.0112. The van der Waals surface area contributed by atoms with Crippen molar-refractivity contribution in [2.24, 2.45) is 0 Å². The van der Waals surface area contributed by atoms with Crippen molar-refractivity contribution >= 4 is 17.4 Å². The van der Waals surface area contributed by atoms with Crippen LogP contribution < -0.4 is 4.89 Å². The van der Waals surface area contributed by atoms with Gasteiger partial charge in [0, 0.05) is 5.56 Å². The number of aryl methyl sites for hydroxylation is 1. The van der Waals surface area contributed by atoms with Gasteiger partial charge in [0.05, 0.1) is 6.61 Å². The fourth-order valence-corrected chi connectivity index (χ4v) is 3.77. The summed E-state index contributed by atoms with van der Waals surface area (Å²) < 4.78 is 0. The molecule has 0 aliphatic carbocycles. The summed E-state index contributed by atoms with van der Waals surface area (Å²) in [6.45, 7) is 6.62. The Hall–Kier alpha value is -3.43. The summed E-state index contributed by atoms with van der Waals surface area (Å²) in [6.07, 6.45) is 11.6. The van der Waals surface area contributed by atoms with E-state index in [0.717, 1.165) is 30.4 Å². The number of allylic oxidation sites excluding steroid dienone is 2. The lowest BCUT2D eigenvalue weighted by molar-refractivity contribution is -0.207. The Morgan fingerprint density at radius 1 is 0.771 bits per heavy atom. The highest BCUT2D eigenvalue weighted by atomic mass is 17.2. The lowest BCUT2D eigenvalue weighted by Crippen LogP contribution is -1.99. The van der Waals surface area contributed by atoms with Gasteiger partial charge in [-0.15, -0.1) is 0 Å². The highest BCUT2D eigenvalue weighted by molar-refractivity contribution is 6.06. The summed E-state index contributed by atoms with van der Waals surface area (Å²) >= 11 is 0. The third kappa shape index (κ3) is 9.76.